The highest BCUT2D eigenvalue weighted by Gasteiger charge is 2.59. The number of fused-ring (bicyclic) bond motifs is 1. The van der Waals surface area contributed by atoms with Crippen LogP contribution in [0.3, 0.4) is 0 Å². The number of hydrogen-bond acceptors (Lipinski definition) is 3. The topological polar surface area (TPSA) is 27.7 Å². The van der Waals surface area contributed by atoms with Crippen molar-refractivity contribution in [2.75, 3.05) is 13.2 Å². The van der Waals surface area contributed by atoms with Crippen LogP contribution < -0.4 is 10.4 Å². The molecule has 0 heterocycles. The second-order valence-electron chi connectivity index (χ2n) is 22.5. The van der Waals surface area contributed by atoms with Gasteiger partial charge in [-0.2, -0.15) is 0 Å². The Kier molecular flexibility index (Phi) is 12.6. The molecule has 0 unspecified atom stereocenters. The largest absolute Gasteiger partial charge is 0.417 e. The molecule has 3 nitrogen and oxygen atoms in total. The van der Waals surface area contributed by atoms with Gasteiger partial charge in [-0.15, -0.1) is 0 Å². The highest BCUT2D eigenvalue weighted by Crippen LogP contribution is 2.64. The van der Waals surface area contributed by atoms with Crippen molar-refractivity contribution < 1.29 is 13.3 Å². The minimum absolute atomic E-state index is 0.0472. The van der Waals surface area contributed by atoms with E-state index in [9.17, 15) is 0 Å². The molecule has 3 saturated carbocycles. The number of allylic oxidation sites excluding steroid dienone is 1. The Bertz CT molecular complexity index is 1530. The lowest BCUT2D eigenvalue weighted by Crippen LogP contribution is -2.68. The maximum absolute atomic E-state index is 7.95. The molecule has 6 heteroatoms. The Morgan fingerprint density at radius 3 is 1.63 bits per heavy atom. The van der Waals surface area contributed by atoms with Gasteiger partial charge in [0.05, 0.1) is 0 Å². The third-order valence-electron chi connectivity index (χ3n) is 16.4. The highest BCUT2D eigenvalue weighted by atomic mass is 28.4. The van der Waals surface area contributed by atoms with E-state index in [4.69, 9.17) is 19.9 Å². The zero-order valence-corrected chi connectivity index (χ0v) is 40.5. The van der Waals surface area contributed by atoms with Gasteiger partial charge in [0.25, 0.3) is 8.32 Å². The van der Waals surface area contributed by atoms with Gasteiger partial charge in [-0.3, -0.25) is 0 Å². The van der Waals surface area contributed by atoms with Crippen LogP contribution in [0.4, 0.5) is 0 Å². The van der Waals surface area contributed by atoms with Gasteiger partial charge < -0.3 is 13.3 Å². The molecule has 0 bridgehead atoms. The Hall–Kier alpha value is -1.29. The van der Waals surface area contributed by atoms with Gasteiger partial charge in [0.15, 0.2) is 16.6 Å². The summed E-state index contributed by atoms with van der Waals surface area (Å²) in [4.78, 5) is 0. The molecule has 3 aliphatic rings. The van der Waals surface area contributed by atoms with Gasteiger partial charge >= 0.3 is 0 Å². The average Bonchev–Trinajstić information content (AvgIpc) is 3.39. The van der Waals surface area contributed by atoms with E-state index in [1.165, 1.54) is 48.1 Å². The molecule has 5 rings (SSSR count). The van der Waals surface area contributed by atoms with Crippen molar-refractivity contribution in [3.63, 3.8) is 0 Å². The summed E-state index contributed by atoms with van der Waals surface area (Å²) in [5.74, 6) is 2.18. The molecule has 2 aromatic rings. The van der Waals surface area contributed by atoms with E-state index >= 15 is 0 Å². The zero-order valence-electron chi connectivity index (χ0n) is 37.5. The van der Waals surface area contributed by atoms with Crippen molar-refractivity contribution in [3.8, 4) is 0 Å². The third-order valence-corrected chi connectivity index (χ3v) is 30.5. The molecular weight excluding hydrogens is 709 g/mol. The van der Waals surface area contributed by atoms with Crippen molar-refractivity contribution in [1.82, 2.24) is 0 Å². The number of benzene rings is 2. The lowest BCUT2D eigenvalue weighted by atomic mass is 9.49. The maximum atomic E-state index is 7.95. The first-order valence-corrected chi connectivity index (χ1v) is 29.3. The first-order valence-electron chi connectivity index (χ1n) is 21.6. The summed E-state index contributed by atoms with van der Waals surface area (Å²) >= 11 is 0. The minimum Gasteiger partial charge on any atom is -0.417 e. The van der Waals surface area contributed by atoms with Crippen LogP contribution in [-0.2, 0) is 13.3 Å². The van der Waals surface area contributed by atoms with Gasteiger partial charge in [0.2, 0.25) is 0 Å². The van der Waals surface area contributed by atoms with E-state index in [1.807, 2.05) is 0 Å². The van der Waals surface area contributed by atoms with E-state index in [-0.39, 0.29) is 32.0 Å². The monoisotopic (exact) mass is 789 g/mol. The SMILES string of the molecule is C=C1CC[C@H]2[C@H](CO[Si](C)(C)C(C)(C)C)[C@@H]([C@@]3(C)CC[C@H](O[Si](c4ccccc4)(c4ccccc4)C(C)(C)C)C[C@@H]3CO[Si](C)(C)C(C)(C)C)CC[C@]12C. The summed E-state index contributed by atoms with van der Waals surface area (Å²) < 4.78 is 22.5. The maximum Gasteiger partial charge on any atom is 0.261 e. The summed E-state index contributed by atoms with van der Waals surface area (Å²) in [7, 11) is -6.62. The van der Waals surface area contributed by atoms with Gasteiger partial charge in [0.1, 0.15) is 0 Å². The van der Waals surface area contributed by atoms with Crippen LogP contribution in [-0.4, -0.2) is 44.3 Å². The summed E-state index contributed by atoms with van der Waals surface area (Å²) in [5, 5.41) is 3.07. The molecule has 0 amide bonds. The van der Waals surface area contributed by atoms with Crippen LogP contribution >= 0.6 is 0 Å². The Balaban J connectivity index is 1.56. The van der Waals surface area contributed by atoms with Crippen molar-refractivity contribution in [2.45, 2.75) is 169 Å². The lowest BCUT2D eigenvalue weighted by molar-refractivity contribution is -0.0996. The van der Waals surface area contributed by atoms with Crippen molar-refractivity contribution >= 4 is 35.3 Å². The van der Waals surface area contributed by atoms with Crippen molar-refractivity contribution in [2.24, 2.45) is 34.5 Å². The van der Waals surface area contributed by atoms with Crippen LogP contribution in [0.25, 0.3) is 0 Å². The van der Waals surface area contributed by atoms with Crippen molar-refractivity contribution in [1.29, 1.82) is 0 Å². The van der Waals surface area contributed by atoms with Gasteiger partial charge in [-0.05, 0) is 131 Å². The van der Waals surface area contributed by atoms with Gasteiger partial charge in [0, 0.05) is 19.3 Å². The molecule has 3 aliphatic carbocycles. The normalized spacial score (nSPS) is 30.4. The fourth-order valence-corrected chi connectivity index (χ4v) is 17.3. The smallest absolute Gasteiger partial charge is 0.261 e. The molecule has 2 aromatic carbocycles. The van der Waals surface area contributed by atoms with Crippen LogP contribution in [0.15, 0.2) is 72.8 Å². The summed E-state index contributed by atoms with van der Waals surface area (Å²) in [5.41, 5.74) is 1.86. The molecule has 54 heavy (non-hydrogen) atoms. The van der Waals surface area contributed by atoms with Crippen LogP contribution in [0, 0.1) is 34.5 Å². The minimum atomic E-state index is -2.70. The summed E-state index contributed by atoms with van der Waals surface area (Å²) in [6.45, 7) is 43.0. The Morgan fingerprint density at radius 1 is 0.648 bits per heavy atom. The van der Waals surface area contributed by atoms with E-state index < -0.39 is 25.0 Å². The third kappa shape index (κ3) is 8.19. The first kappa shape index (κ1) is 43.8. The molecule has 0 radical (unpaired) electrons. The molecule has 0 saturated heterocycles. The summed E-state index contributed by atoms with van der Waals surface area (Å²) in [6.07, 6.45) is 8.45. The van der Waals surface area contributed by atoms with Crippen molar-refractivity contribution in [3.05, 3.63) is 72.8 Å². The predicted octanol–water partition coefficient (Wildman–Crippen LogP) is 12.8. The van der Waals surface area contributed by atoms with E-state index in [0.29, 0.717) is 23.7 Å². The Morgan fingerprint density at radius 2 is 1.15 bits per heavy atom. The standard InChI is InChI=1S/C48H80O3Si3/c1-36-27-28-42-41(35-50-53(15,16)45(5,6)7)43(30-32-47(36,42)11)48(12)31-29-38(33-37(48)34-49-52(13,14)44(2,3)4)51-54(46(8,9)10,39-23-19-17-20-24-39)40-25-21-18-22-26-40/h17-26,37-38,41-43H,1,27-35H2,2-16H3/t37-,38+,41+,42+,43+,47-,48+/m1/s1. The molecule has 3 fully saturated rings. The highest BCUT2D eigenvalue weighted by molar-refractivity contribution is 6.99. The second kappa shape index (κ2) is 15.5. The predicted molar refractivity (Wildman–Crippen MR) is 240 cm³/mol. The lowest BCUT2D eigenvalue weighted by Gasteiger charge is -2.58. The fourth-order valence-electron chi connectivity index (χ4n) is 10.5. The van der Waals surface area contributed by atoms with Gasteiger partial charge in [-0.1, -0.05) is 149 Å². The second-order valence-corrected chi connectivity index (χ2v) is 36.4. The molecular formula is C48H80O3Si3. The van der Waals surface area contributed by atoms with Crippen LogP contribution in [0.2, 0.25) is 41.3 Å². The van der Waals surface area contributed by atoms with E-state index in [1.54, 1.807) is 0 Å². The first-order chi connectivity index (χ1) is 24.8. The van der Waals surface area contributed by atoms with Crippen LogP contribution in [0.1, 0.15) is 121 Å². The molecule has 0 aromatic heterocycles. The molecule has 0 N–H and O–H groups in total. The molecule has 302 valence electrons. The fraction of sp³-hybridized carbons (Fsp3) is 0.708. The quantitative estimate of drug-likeness (QED) is 0.168. The molecule has 0 spiro atoms. The summed E-state index contributed by atoms with van der Waals surface area (Å²) in [6, 6.07) is 22.5. The van der Waals surface area contributed by atoms with Crippen LogP contribution in [0.5, 0.6) is 0 Å². The number of rotatable bonds is 11. The molecule has 0 aliphatic heterocycles. The van der Waals surface area contributed by atoms with E-state index in [0.717, 1.165) is 26.1 Å². The molecule has 7 atom stereocenters. The van der Waals surface area contributed by atoms with Gasteiger partial charge in [-0.25, -0.2) is 0 Å². The average molecular weight is 789 g/mol. The zero-order chi connectivity index (χ0) is 40.2. The van der Waals surface area contributed by atoms with E-state index in [2.05, 4.69) is 163 Å². The number of hydrogen-bond donors (Lipinski definition) is 0. The Labute approximate surface area is 336 Å².